The number of alkyl halides is 1. The molecular formula is C12H12BrCl3O3. The molecule has 1 rings (SSSR count). The molecule has 0 heterocycles. The Bertz CT molecular complexity index is 432. The summed E-state index contributed by atoms with van der Waals surface area (Å²) in [5.41, 5.74) is 0.713. The van der Waals surface area contributed by atoms with Gasteiger partial charge in [-0.2, -0.15) is 0 Å². The van der Waals surface area contributed by atoms with E-state index >= 15 is 0 Å². The molecule has 0 saturated heterocycles. The lowest BCUT2D eigenvalue weighted by Crippen LogP contribution is -2.30. The molecule has 0 aliphatic rings. The van der Waals surface area contributed by atoms with Crippen LogP contribution in [0.25, 0.3) is 0 Å². The number of hydrogen-bond donors (Lipinski definition) is 0. The van der Waals surface area contributed by atoms with E-state index in [2.05, 4.69) is 20.1 Å². The summed E-state index contributed by atoms with van der Waals surface area (Å²) < 4.78 is 9.85. The summed E-state index contributed by atoms with van der Waals surface area (Å²) in [6.45, 7) is 2.10. The number of benzene rings is 1. The molecular weight excluding hydrogens is 378 g/mol. The van der Waals surface area contributed by atoms with Crippen LogP contribution >= 0.6 is 51.1 Å². The molecule has 106 valence electrons. The first kappa shape index (κ1) is 17.1. The number of carbonyl (C=O) groups excluding carboxylic acids is 1. The van der Waals surface area contributed by atoms with Gasteiger partial charge in [0.25, 0.3) is 0 Å². The van der Waals surface area contributed by atoms with Crippen molar-refractivity contribution in [3.63, 3.8) is 0 Å². The van der Waals surface area contributed by atoms with Gasteiger partial charge >= 0.3 is 5.97 Å². The van der Waals surface area contributed by atoms with E-state index in [1.807, 2.05) is 0 Å². The molecule has 19 heavy (non-hydrogen) atoms. The number of rotatable bonds is 6. The van der Waals surface area contributed by atoms with E-state index in [1.54, 1.807) is 25.1 Å². The summed E-state index contributed by atoms with van der Waals surface area (Å²) in [6.07, 6.45) is 0.307. The second-order valence-electron chi connectivity index (χ2n) is 4.06. The van der Waals surface area contributed by atoms with Crippen LogP contribution in [0.3, 0.4) is 0 Å². The molecule has 0 radical (unpaired) electrons. The van der Waals surface area contributed by atoms with Crippen LogP contribution < -0.4 is 0 Å². The molecule has 7 heteroatoms. The zero-order chi connectivity index (χ0) is 14.5. The van der Waals surface area contributed by atoms with E-state index in [4.69, 9.17) is 39.5 Å². The van der Waals surface area contributed by atoms with Crippen LogP contribution in [0, 0.1) is 0 Å². The Morgan fingerprint density at radius 3 is 2.47 bits per heavy atom. The van der Waals surface area contributed by atoms with E-state index in [0.29, 0.717) is 22.0 Å². The van der Waals surface area contributed by atoms with Crippen LogP contribution in [0.15, 0.2) is 18.2 Å². The number of halogens is 4. The number of carbonyl (C=O) groups is 1. The molecule has 0 bridgehead atoms. The Balaban J connectivity index is 2.45. The summed E-state index contributed by atoms with van der Waals surface area (Å²) in [7, 11) is 0. The first-order valence-corrected chi connectivity index (χ1v) is 7.19. The van der Waals surface area contributed by atoms with Gasteiger partial charge in [0.2, 0.25) is 0 Å². The Hall–Kier alpha value is -0.000000000000000167. The molecule has 1 unspecified atom stereocenters. The van der Waals surface area contributed by atoms with Gasteiger partial charge in [-0.25, -0.2) is 4.79 Å². The van der Waals surface area contributed by atoms with E-state index in [-0.39, 0.29) is 13.2 Å². The highest BCUT2D eigenvalue weighted by Gasteiger charge is 2.32. The smallest absolute Gasteiger partial charge is 0.338 e. The predicted octanol–water partition coefficient (Wildman–Crippen LogP) is 4.75. The molecule has 0 amide bonds. The van der Waals surface area contributed by atoms with E-state index in [0.717, 1.165) is 0 Å². The fraction of sp³-hybridized carbons (Fsp3) is 0.417. The number of hydrogen-bond acceptors (Lipinski definition) is 3. The maximum Gasteiger partial charge on any atom is 0.338 e. The molecule has 0 aromatic heterocycles. The first-order chi connectivity index (χ1) is 8.88. The Morgan fingerprint density at radius 2 is 1.95 bits per heavy atom. The van der Waals surface area contributed by atoms with Crippen molar-refractivity contribution in [2.45, 2.75) is 24.8 Å². The van der Waals surface area contributed by atoms with Gasteiger partial charge in [0.15, 0.2) is 16.3 Å². The van der Waals surface area contributed by atoms with E-state index in [1.165, 1.54) is 0 Å². The average molecular weight is 390 g/mol. The maximum atomic E-state index is 11.3. The summed E-state index contributed by atoms with van der Waals surface area (Å²) >= 11 is 20.6. The minimum absolute atomic E-state index is 0.259. The predicted molar refractivity (Wildman–Crippen MR) is 80.0 cm³/mol. The second-order valence-corrected chi connectivity index (χ2v) is 6.04. The van der Waals surface area contributed by atoms with Gasteiger partial charge in [-0.1, -0.05) is 29.3 Å². The quantitative estimate of drug-likeness (QED) is 0.519. The molecule has 0 spiro atoms. The Morgan fingerprint density at radius 1 is 1.37 bits per heavy atom. The van der Waals surface area contributed by atoms with Crippen molar-refractivity contribution < 1.29 is 13.4 Å². The summed E-state index contributed by atoms with van der Waals surface area (Å²) in [5, 5.41) is 1.09. The van der Waals surface area contributed by atoms with Crippen molar-refractivity contribution >= 4 is 57.0 Å². The first-order valence-electron chi connectivity index (χ1n) is 5.41. The standard InChI is InChI=1S/C12H12BrCl3O3/c1-12(16,11(17)19-13)5-6-18-7-8-9(14)3-2-4-10(8)15/h2-4H,5-7H2,1H3. The molecule has 0 aliphatic heterocycles. The fourth-order valence-electron chi connectivity index (χ4n) is 1.29. The van der Waals surface area contributed by atoms with Crippen LogP contribution in [-0.2, 0) is 20.0 Å². The average Bonchev–Trinajstić information content (AvgIpc) is 2.36. The summed E-state index contributed by atoms with van der Waals surface area (Å²) in [4.78, 5) is 10.2. The zero-order valence-electron chi connectivity index (χ0n) is 10.1. The lowest BCUT2D eigenvalue weighted by Gasteiger charge is -2.17. The third-order valence-electron chi connectivity index (χ3n) is 2.52. The molecule has 1 aromatic carbocycles. The van der Waals surface area contributed by atoms with Crippen molar-refractivity contribution in [1.29, 1.82) is 0 Å². The SMILES string of the molecule is CC(Cl)(CCOCc1c(Cl)cccc1Cl)C(=O)OBr. The Kier molecular flexibility index (Phi) is 6.91. The van der Waals surface area contributed by atoms with Gasteiger partial charge in [0.05, 0.1) is 6.61 Å². The molecule has 0 fully saturated rings. The van der Waals surface area contributed by atoms with Crippen LogP contribution in [0.2, 0.25) is 10.0 Å². The summed E-state index contributed by atoms with van der Waals surface area (Å²) in [5.74, 6) is -0.562. The zero-order valence-corrected chi connectivity index (χ0v) is 13.9. The molecule has 1 aromatic rings. The molecule has 0 N–H and O–H groups in total. The lowest BCUT2D eigenvalue weighted by atomic mass is 10.1. The topological polar surface area (TPSA) is 35.5 Å². The lowest BCUT2D eigenvalue weighted by molar-refractivity contribution is -0.135. The van der Waals surface area contributed by atoms with Crippen LogP contribution in [0.5, 0.6) is 0 Å². The third kappa shape index (κ3) is 5.12. The fourth-order valence-corrected chi connectivity index (χ4v) is 2.36. The molecule has 0 saturated carbocycles. The van der Waals surface area contributed by atoms with Crippen LogP contribution in [0.1, 0.15) is 18.9 Å². The van der Waals surface area contributed by atoms with Gasteiger partial charge < -0.3 is 8.57 Å². The highest BCUT2D eigenvalue weighted by atomic mass is 79.9. The normalized spacial score (nSPS) is 13.9. The highest BCUT2D eigenvalue weighted by Crippen LogP contribution is 2.26. The molecule has 1 atom stereocenters. The maximum absolute atomic E-state index is 11.3. The summed E-state index contributed by atoms with van der Waals surface area (Å²) in [6, 6.07) is 5.23. The van der Waals surface area contributed by atoms with Crippen molar-refractivity contribution in [3.8, 4) is 0 Å². The molecule has 3 nitrogen and oxygen atoms in total. The highest BCUT2D eigenvalue weighted by molar-refractivity contribution is 9.06. The van der Waals surface area contributed by atoms with Gasteiger partial charge in [-0.3, -0.25) is 0 Å². The van der Waals surface area contributed by atoms with Crippen molar-refractivity contribution in [2.24, 2.45) is 0 Å². The van der Waals surface area contributed by atoms with Crippen molar-refractivity contribution in [3.05, 3.63) is 33.8 Å². The van der Waals surface area contributed by atoms with Gasteiger partial charge in [0.1, 0.15) is 4.87 Å². The van der Waals surface area contributed by atoms with E-state index < -0.39 is 10.8 Å². The van der Waals surface area contributed by atoms with Crippen LogP contribution in [0.4, 0.5) is 0 Å². The van der Waals surface area contributed by atoms with Crippen LogP contribution in [-0.4, -0.2) is 17.5 Å². The van der Waals surface area contributed by atoms with Crippen molar-refractivity contribution in [2.75, 3.05) is 6.61 Å². The number of ether oxygens (including phenoxy) is 1. The second kappa shape index (κ2) is 7.70. The van der Waals surface area contributed by atoms with Gasteiger partial charge in [-0.05, 0) is 19.1 Å². The monoisotopic (exact) mass is 388 g/mol. The van der Waals surface area contributed by atoms with Gasteiger partial charge in [-0.15, -0.1) is 11.6 Å². The minimum atomic E-state index is -1.13. The molecule has 0 aliphatic carbocycles. The minimum Gasteiger partial charge on any atom is -0.382 e. The van der Waals surface area contributed by atoms with E-state index in [9.17, 15) is 4.79 Å². The largest absolute Gasteiger partial charge is 0.382 e. The van der Waals surface area contributed by atoms with Gasteiger partial charge in [0, 0.05) is 28.6 Å². The Labute approximate surface area is 135 Å². The third-order valence-corrected chi connectivity index (χ3v) is 3.87. The van der Waals surface area contributed by atoms with Crippen molar-refractivity contribution in [1.82, 2.24) is 0 Å².